The molecule has 0 bridgehead atoms. The van der Waals surface area contributed by atoms with E-state index < -0.39 is 0 Å². The highest BCUT2D eigenvalue weighted by Crippen LogP contribution is 2.40. The zero-order chi connectivity index (χ0) is 25.9. The monoisotopic (exact) mass is 535 g/mol. The van der Waals surface area contributed by atoms with Crippen molar-refractivity contribution in [3.8, 4) is 27.9 Å². The minimum atomic E-state index is 0.758. The Hall–Kier alpha value is -4.37. The summed E-state index contributed by atoms with van der Waals surface area (Å²) in [6.07, 6.45) is 0. The number of para-hydroxylation sites is 2. The normalized spacial score (nSPS) is 11.7. The number of aromatic nitrogens is 1. The van der Waals surface area contributed by atoms with Crippen molar-refractivity contribution in [3.05, 3.63) is 138 Å². The third-order valence-electron chi connectivity index (χ3n) is 7.67. The van der Waals surface area contributed by atoms with E-state index in [1.54, 1.807) is 0 Å². The Morgan fingerprint density at radius 3 is 1.74 bits per heavy atom. The van der Waals surface area contributed by atoms with Crippen LogP contribution in [0, 0.1) is 0 Å². The second kappa shape index (κ2) is 8.84. The lowest BCUT2D eigenvalue weighted by Gasteiger charge is -2.09. The Bertz CT molecular complexity index is 2170. The van der Waals surface area contributed by atoms with Crippen molar-refractivity contribution in [2.75, 3.05) is 0 Å². The van der Waals surface area contributed by atoms with E-state index in [1.807, 2.05) is 23.5 Å². The lowest BCUT2D eigenvalue weighted by molar-refractivity contribution is 1.18. The smallest absolute Gasteiger partial charge is 0.0547 e. The molecule has 8 rings (SSSR count). The van der Waals surface area contributed by atoms with Gasteiger partial charge in [-0.25, -0.2) is 0 Å². The minimum Gasteiger partial charge on any atom is -0.309 e. The van der Waals surface area contributed by atoms with Gasteiger partial charge in [0, 0.05) is 41.7 Å². The van der Waals surface area contributed by atoms with E-state index >= 15 is 0 Å². The maximum atomic E-state index is 6.13. The fourth-order valence-electron chi connectivity index (χ4n) is 5.78. The first-order chi connectivity index (χ1) is 19.2. The van der Waals surface area contributed by atoms with Gasteiger partial charge in [0.25, 0.3) is 0 Å². The average molecular weight is 536 g/mol. The van der Waals surface area contributed by atoms with E-state index in [-0.39, 0.29) is 0 Å². The largest absolute Gasteiger partial charge is 0.309 e. The van der Waals surface area contributed by atoms with Gasteiger partial charge in [-0.05, 0) is 82.9 Å². The van der Waals surface area contributed by atoms with Gasteiger partial charge in [0.2, 0.25) is 0 Å². The third kappa shape index (κ3) is 3.68. The van der Waals surface area contributed by atoms with E-state index in [2.05, 4.69) is 126 Å². The number of fused-ring (bicyclic) bond motifs is 6. The molecule has 0 unspecified atom stereocenters. The van der Waals surface area contributed by atoms with Gasteiger partial charge in [-0.2, -0.15) is 0 Å². The van der Waals surface area contributed by atoms with Crippen molar-refractivity contribution in [2.24, 2.45) is 0 Å². The molecule has 0 saturated carbocycles. The highest BCUT2D eigenvalue weighted by atomic mass is 35.5. The molecule has 0 fully saturated rings. The summed E-state index contributed by atoms with van der Waals surface area (Å²) in [4.78, 5) is 0. The number of hydrogen-bond donors (Lipinski definition) is 0. The van der Waals surface area contributed by atoms with Gasteiger partial charge >= 0.3 is 0 Å². The van der Waals surface area contributed by atoms with E-state index in [4.69, 9.17) is 11.6 Å². The lowest BCUT2D eigenvalue weighted by atomic mass is 9.99. The third-order valence-corrected chi connectivity index (χ3v) is 9.07. The first-order valence-electron chi connectivity index (χ1n) is 13.0. The summed E-state index contributed by atoms with van der Waals surface area (Å²) in [6.45, 7) is 0. The summed E-state index contributed by atoms with van der Waals surface area (Å²) >= 11 is 7.99. The molecule has 0 amide bonds. The summed E-state index contributed by atoms with van der Waals surface area (Å²) in [6, 6.07) is 47.9. The van der Waals surface area contributed by atoms with Crippen molar-refractivity contribution in [1.82, 2.24) is 4.57 Å². The van der Waals surface area contributed by atoms with Gasteiger partial charge in [0.1, 0.15) is 0 Å². The van der Waals surface area contributed by atoms with Crippen LogP contribution < -0.4 is 0 Å². The van der Waals surface area contributed by atoms with Gasteiger partial charge in [0.15, 0.2) is 0 Å². The van der Waals surface area contributed by atoms with Gasteiger partial charge in [-0.3, -0.25) is 0 Å². The quantitative estimate of drug-likeness (QED) is 0.212. The zero-order valence-electron chi connectivity index (χ0n) is 20.9. The molecule has 184 valence electrons. The second-order valence-corrected chi connectivity index (χ2v) is 11.5. The topological polar surface area (TPSA) is 4.93 Å². The molecule has 2 aromatic heterocycles. The molecular formula is C36H22ClNS. The summed E-state index contributed by atoms with van der Waals surface area (Å²) in [5.41, 5.74) is 8.46. The fraction of sp³-hybridized carbons (Fsp3) is 0. The molecule has 3 heteroatoms. The van der Waals surface area contributed by atoms with E-state index in [0.29, 0.717) is 0 Å². The summed E-state index contributed by atoms with van der Waals surface area (Å²) in [7, 11) is 0. The predicted octanol–water partition coefficient (Wildman–Crippen LogP) is 11.1. The van der Waals surface area contributed by atoms with Crippen LogP contribution in [-0.2, 0) is 0 Å². The summed E-state index contributed by atoms with van der Waals surface area (Å²) in [5.74, 6) is 0. The van der Waals surface area contributed by atoms with Crippen LogP contribution in [0.4, 0.5) is 0 Å². The van der Waals surface area contributed by atoms with Crippen LogP contribution in [0.5, 0.6) is 0 Å². The Balaban J connectivity index is 1.32. The molecule has 0 atom stereocenters. The molecule has 0 spiro atoms. The van der Waals surface area contributed by atoms with Crippen LogP contribution in [0.15, 0.2) is 133 Å². The Kier molecular flexibility index (Phi) is 5.12. The maximum absolute atomic E-state index is 6.13. The summed E-state index contributed by atoms with van der Waals surface area (Å²) in [5, 5.41) is 5.90. The molecule has 39 heavy (non-hydrogen) atoms. The van der Waals surface area contributed by atoms with Gasteiger partial charge in [-0.1, -0.05) is 84.4 Å². The Labute approximate surface area is 235 Å². The van der Waals surface area contributed by atoms with Crippen LogP contribution in [0.2, 0.25) is 5.02 Å². The molecule has 0 N–H and O–H groups in total. The summed E-state index contributed by atoms with van der Waals surface area (Å²) < 4.78 is 4.99. The highest BCUT2D eigenvalue weighted by Gasteiger charge is 2.14. The van der Waals surface area contributed by atoms with Crippen LogP contribution in [0.25, 0.3) is 69.9 Å². The van der Waals surface area contributed by atoms with E-state index in [0.717, 1.165) is 5.02 Å². The molecule has 0 aliphatic carbocycles. The van der Waals surface area contributed by atoms with Crippen LogP contribution in [0.1, 0.15) is 0 Å². The lowest BCUT2D eigenvalue weighted by Crippen LogP contribution is -1.93. The van der Waals surface area contributed by atoms with Crippen molar-refractivity contribution in [2.45, 2.75) is 0 Å². The fourth-order valence-corrected chi connectivity index (χ4v) is 6.98. The minimum absolute atomic E-state index is 0.758. The molecule has 1 nitrogen and oxygen atoms in total. The molecule has 0 saturated heterocycles. The number of hydrogen-bond acceptors (Lipinski definition) is 1. The van der Waals surface area contributed by atoms with Crippen LogP contribution >= 0.6 is 22.9 Å². The number of rotatable bonds is 3. The number of halogens is 1. The van der Waals surface area contributed by atoms with Gasteiger partial charge in [0.05, 0.1) is 11.0 Å². The number of nitrogens with zero attached hydrogens (tertiary/aromatic N) is 1. The second-order valence-electron chi connectivity index (χ2n) is 9.95. The molecule has 0 radical (unpaired) electrons. The Morgan fingerprint density at radius 2 is 1.00 bits per heavy atom. The predicted molar refractivity (Wildman–Crippen MR) is 170 cm³/mol. The molecule has 0 aliphatic heterocycles. The van der Waals surface area contributed by atoms with Gasteiger partial charge < -0.3 is 4.57 Å². The molecule has 2 heterocycles. The standard InChI is InChI=1S/C36H22ClNS/c37-27-15-10-23(11-16-27)24-13-18-35-31(20-24)32-21-25(14-19-36(32)39-35)26-12-17-30-29-8-4-5-9-33(29)38(34(30)22-26)28-6-2-1-3-7-28/h1-22H. The van der Waals surface area contributed by atoms with Crippen molar-refractivity contribution < 1.29 is 0 Å². The van der Waals surface area contributed by atoms with E-state index in [9.17, 15) is 0 Å². The maximum Gasteiger partial charge on any atom is 0.0547 e. The number of benzene rings is 6. The van der Waals surface area contributed by atoms with Crippen LogP contribution in [-0.4, -0.2) is 4.57 Å². The molecule has 0 aliphatic rings. The average Bonchev–Trinajstić information content (AvgIpc) is 3.52. The van der Waals surface area contributed by atoms with Gasteiger partial charge in [-0.15, -0.1) is 11.3 Å². The van der Waals surface area contributed by atoms with Crippen molar-refractivity contribution >= 4 is 64.9 Å². The molecule has 6 aromatic carbocycles. The van der Waals surface area contributed by atoms with E-state index in [1.165, 1.54) is 69.9 Å². The zero-order valence-corrected chi connectivity index (χ0v) is 22.5. The molecule has 8 aromatic rings. The van der Waals surface area contributed by atoms with Crippen molar-refractivity contribution in [1.29, 1.82) is 0 Å². The highest BCUT2D eigenvalue weighted by molar-refractivity contribution is 7.25. The first kappa shape index (κ1) is 22.6. The van der Waals surface area contributed by atoms with Crippen LogP contribution in [0.3, 0.4) is 0 Å². The first-order valence-corrected chi connectivity index (χ1v) is 14.2. The molecular weight excluding hydrogens is 514 g/mol. The van der Waals surface area contributed by atoms with Crippen molar-refractivity contribution in [3.63, 3.8) is 0 Å². The Morgan fingerprint density at radius 1 is 0.436 bits per heavy atom. The SMILES string of the molecule is Clc1ccc(-c2ccc3sc4ccc(-c5ccc6c7ccccc7n(-c7ccccc7)c6c5)cc4c3c2)cc1. The number of thiophene rings is 1.